The van der Waals surface area contributed by atoms with Gasteiger partial charge in [0.1, 0.15) is 11.2 Å². The topological polar surface area (TPSA) is 16.4 Å². The number of nitrogens with zero attached hydrogens (tertiary/aromatic N) is 1. The Balaban J connectivity index is 2.08. The van der Waals surface area contributed by atoms with Gasteiger partial charge in [0.2, 0.25) is 0 Å². The monoisotopic (exact) mass is 343 g/mol. The quantitative estimate of drug-likeness (QED) is 0.407. The van der Waals surface area contributed by atoms with Crippen molar-refractivity contribution >= 4 is 27.6 Å². The van der Waals surface area contributed by atoms with Crippen LogP contribution in [0.25, 0.3) is 33.1 Å². The maximum Gasteiger partial charge on any atom is 0.143 e. The van der Waals surface area contributed by atoms with Crippen molar-refractivity contribution in [1.82, 2.24) is 0 Å². The number of hydrogen-bond donors (Lipinski definition) is 0. The summed E-state index contributed by atoms with van der Waals surface area (Å²) >= 11 is 0. The van der Waals surface area contributed by atoms with Crippen LogP contribution < -0.4 is 4.90 Å². The first-order valence-corrected chi connectivity index (χ1v) is 9.09. The molecule has 2 heteroatoms. The first-order valence-electron chi connectivity index (χ1n) is 9.09. The van der Waals surface area contributed by atoms with Gasteiger partial charge in [-0.25, -0.2) is 0 Å². The maximum atomic E-state index is 6.28. The van der Waals surface area contributed by atoms with E-state index < -0.39 is 0 Å². The van der Waals surface area contributed by atoms with Crippen molar-refractivity contribution in [2.24, 2.45) is 0 Å². The summed E-state index contributed by atoms with van der Waals surface area (Å²) in [5, 5.41) is 2.34. The van der Waals surface area contributed by atoms with E-state index in [2.05, 4.69) is 88.3 Å². The third kappa shape index (κ3) is 2.57. The van der Waals surface area contributed by atoms with Crippen molar-refractivity contribution in [3.63, 3.8) is 0 Å². The normalized spacial score (nSPS) is 12.0. The highest BCUT2D eigenvalue weighted by atomic mass is 16.3. The molecule has 0 aliphatic rings. The molecule has 1 heterocycles. The first kappa shape index (κ1) is 16.7. The molecule has 0 amide bonds. The number of rotatable bonds is 2. The zero-order chi connectivity index (χ0) is 18.5. The Kier molecular flexibility index (Phi) is 3.80. The lowest BCUT2D eigenvalue weighted by Gasteiger charge is -2.29. The molecule has 3 aromatic carbocycles. The standard InChI is InChI=1S/C24H25NO/c1-24(2,3)20-14-9-11-17(22(20)25(4)5)19-13-8-12-18-16-10-6-7-15-21(16)26-23(18)19/h6-15H,1-5H3. The molecule has 4 rings (SSSR count). The van der Waals surface area contributed by atoms with Crippen LogP contribution >= 0.6 is 0 Å². The van der Waals surface area contributed by atoms with Crippen molar-refractivity contribution < 1.29 is 4.42 Å². The van der Waals surface area contributed by atoms with E-state index in [1.54, 1.807) is 0 Å². The number of para-hydroxylation sites is 3. The Morgan fingerprint density at radius 1 is 0.731 bits per heavy atom. The minimum Gasteiger partial charge on any atom is -0.455 e. The van der Waals surface area contributed by atoms with Gasteiger partial charge in [-0.15, -0.1) is 0 Å². The average molecular weight is 343 g/mol. The number of fused-ring (bicyclic) bond motifs is 3. The third-order valence-electron chi connectivity index (χ3n) is 4.99. The zero-order valence-electron chi connectivity index (χ0n) is 16.1. The second-order valence-corrected chi connectivity index (χ2v) is 8.13. The lowest BCUT2D eigenvalue weighted by atomic mass is 9.83. The minimum absolute atomic E-state index is 0.0669. The summed E-state index contributed by atoms with van der Waals surface area (Å²) in [4.78, 5) is 2.22. The van der Waals surface area contributed by atoms with Gasteiger partial charge in [-0.05, 0) is 17.0 Å². The number of benzene rings is 3. The molecule has 0 atom stereocenters. The fourth-order valence-corrected chi connectivity index (χ4v) is 3.81. The van der Waals surface area contributed by atoms with Crippen LogP contribution in [0.4, 0.5) is 5.69 Å². The lowest BCUT2D eigenvalue weighted by Crippen LogP contribution is -2.20. The van der Waals surface area contributed by atoms with E-state index in [1.807, 2.05) is 12.1 Å². The van der Waals surface area contributed by atoms with E-state index in [-0.39, 0.29) is 5.41 Å². The summed E-state index contributed by atoms with van der Waals surface area (Å²) in [5.41, 5.74) is 6.93. The molecule has 4 aromatic rings. The van der Waals surface area contributed by atoms with Gasteiger partial charge in [0.15, 0.2) is 0 Å². The number of anilines is 1. The van der Waals surface area contributed by atoms with Crippen LogP contribution in [0.2, 0.25) is 0 Å². The zero-order valence-corrected chi connectivity index (χ0v) is 16.1. The Labute approximate surface area is 155 Å². The summed E-state index contributed by atoms with van der Waals surface area (Å²) in [5.74, 6) is 0. The summed E-state index contributed by atoms with van der Waals surface area (Å²) in [6.07, 6.45) is 0. The summed E-state index contributed by atoms with van der Waals surface area (Å²) in [7, 11) is 4.24. The van der Waals surface area contributed by atoms with E-state index >= 15 is 0 Å². The molecule has 0 fully saturated rings. The van der Waals surface area contributed by atoms with Gasteiger partial charge in [-0.3, -0.25) is 0 Å². The van der Waals surface area contributed by atoms with Crippen LogP contribution in [-0.2, 0) is 5.41 Å². The molecule has 0 aliphatic heterocycles. The van der Waals surface area contributed by atoms with E-state index in [0.717, 1.165) is 16.7 Å². The molecule has 0 aliphatic carbocycles. The molecule has 1 aromatic heterocycles. The van der Waals surface area contributed by atoms with E-state index in [9.17, 15) is 0 Å². The van der Waals surface area contributed by atoms with Gasteiger partial charge in [0.25, 0.3) is 0 Å². The Hall–Kier alpha value is -2.74. The molecule has 0 spiro atoms. The van der Waals surface area contributed by atoms with E-state index in [4.69, 9.17) is 4.42 Å². The SMILES string of the molecule is CN(C)c1c(-c2cccc3c2oc2ccccc23)cccc1C(C)(C)C. The molecule has 132 valence electrons. The van der Waals surface area contributed by atoms with Gasteiger partial charge < -0.3 is 9.32 Å². The van der Waals surface area contributed by atoms with Crippen LogP contribution in [0.5, 0.6) is 0 Å². The molecule has 0 bridgehead atoms. The highest BCUT2D eigenvalue weighted by Crippen LogP contribution is 2.42. The van der Waals surface area contributed by atoms with Crippen LogP contribution in [0.15, 0.2) is 65.1 Å². The number of hydrogen-bond acceptors (Lipinski definition) is 2. The van der Waals surface area contributed by atoms with Crippen molar-refractivity contribution in [1.29, 1.82) is 0 Å². The van der Waals surface area contributed by atoms with Crippen molar-refractivity contribution in [2.45, 2.75) is 26.2 Å². The third-order valence-corrected chi connectivity index (χ3v) is 4.99. The molecule has 0 radical (unpaired) electrons. The lowest BCUT2D eigenvalue weighted by molar-refractivity contribution is 0.590. The van der Waals surface area contributed by atoms with Crippen molar-refractivity contribution in [3.05, 3.63) is 66.2 Å². The summed E-state index contributed by atoms with van der Waals surface area (Å²) in [6, 6.07) is 21.3. The number of furan rings is 1. The van der Waals surface area contributed by atoms with Crippen LogP contribution in [-0.4, -0.2) is 14.1 Å². The van der Waals surface area contributed by atoms with Gasteiger partial charge >= 0.3 is 0 Å². The second kappa shape index (κ2) is 5.91. The summed E-state index contributed by atoms with van der Waals surface area (Å²) in [6.45, 7) is 6.79. The highest BCUT2D eigenvalue weighted by Gasteiger charge is 2.23. The Morgan fingerprint density at radius 3 is 2.12 bits per heavy atom. The molecule has 26 heavy (non-hydrogen) atoms. The predicted molar refractivity (Wildman–Crippen MR) is 112 cm³/mol. The average Bonchev–Trinajstić information content (AvgIpc) is 2.99. The van der Waals surface area contributed by atoms with Gasteiger partial charge in [0.05, 0.1) is 0 Å². The molecular formula is C24H25NO. The first-order chi connectivity index (χ1) is 12.4. The fraction of sp³-hybridized carbons (Fsp3) is 0.250. The molecule has 0 saturated heterocycles. The van der Waals surface area contributed by atoms with Crippen molar-refractivity contribution in [3.8, 4) is 11.1 Å². The Morgan fingerprint density at radius 2 is 1.38 bits per heavy atom. The Bertz CT molecular complexity index is 1100. The van der Waals surface area contributed by atoms with Crippen LogP contribution in [0.1, 0.15) is 26.3 Å². The second-order valence-electron chi connectivity index (χ2n) is 8.13. The van der Waals surface area contributed by atoms with Crippen LogP contribution in [0, 0.1) is 0 Å². The smallest absolute Gasteiger partial charge is 0.143 e. The molecule has 0 unspecified atom stereocenters. The van der Waals surface area contributed by atoms with Gasteiger partial charge in [0, 0.05) is 41.7 Å². The van der Waals surface area contributed by atoms with Crippen LogP contribution in [0.3, 0.4) is 0 Å². The van der Waals surface area contributed by atoms with Crippen molar-refractivity contribution in [2.75, 3.05) is 19.0 Å². The molecule has 2 nitrogen and oxygen atoms in total. The molecular weight excluding hydrogens is 318 g/mol. The molecule has 0 N–H and O–H groups in total. The maximum absolute atomic E-state index is 6.28. The predicted octanol–water partition coefficient (Wildman–Crippen LogP) is 6.62. The van der Waals surface area contributed by atoms with Gasteiger partial charge in [-0.1, -0.05) is 75.4 Å². The summed E-state index contributed by atoms with van der Waals surface area (Å²) < 4.78 is 6.28. The largest absolute Gasteiger partial charge is 0.455 e. The fourth-order valence-electron chi connectivity index (χ4n) is 3.81. The highest BCUT2D eigenvalue weighted by molar-refractivity contribution is 6.10. The van der Waals surface area contributed by atoms with E-state index in [1.165, 1.54) is 27.6 Å². The molecule has 0 saturated carbocycles. The van der Waals surface area contributed by atoms with E-state index in [0.29, 0.717) is 0 Å². The van der Waals surface area contributed by atoms with Gasteiger partial charge in [-0.2, -0.15) is 0 Å². The minimum atomic E-state index is 0.0669.